The first-order chi connectivity index (χ1) is 26.3. The van der Waals surface area contributed by atoms with Gasteiger partial charge in [0, 0.05) is 43.6 Å². The van der Waals surface area contributed by atoms with E-state index in [1.807, 2.05) is 6.07 Å². The molecule has 12 rings (SSSR count). The smallest absolute Gasteiger partial charge is 0.235 e. The minimum atomic E-state index is 0.633. The normalized spacial score (nSPS) is 12.2. The Morgan fingerprint density at radius 3 is 1.89 bits per heavy atom. The summed E-state index contributed by atoms with van der Waals surface area (Å²) in [4.78, 5) is 11.0. The predicted molar refractivity (Wildman–Crippen MR) is 218 cm³/mol. The summed E-state index contributed by atoms with van der Waals surface area (Å²) in [6, 6.07) is 59.9. The van der Waals surface area contributed by atoms with Crippen LogP contribution in [0.3, 0.4) is 0 Å². The van der Waals surface area contributed by atoms with Gasteiger partial charge in [-0.25, -0.2) is 9.97 Å². The van der Waals surface area contributed by atoms with Gasteiger partial charge in [-0.3, -0.25) is 4.57 Å². The zero-order chi connectivity index (χ0) is 34.6. The van der Waals surface area contributed by atoms with Gasteiger partial charge >= 0.3 is 0 Å². The fourth-order valence-electron chi connectivity index (χ4n) is 8.68. The Morgan fingerprint density at radius 2 is 1.04 bits per heavy atom. The highest BCUT2D eigenvalue weighted by Gasteiger charge is 2.25. The number of nitrogens with zero attached hydrogens (tertiary/aromatic N) is 4. The van der Waals surface area contributed by atoms with Gasteiger partial charge in [0.25, 0.3) is 0 Å². The minimum Gasteiger partial charge on any atom is -0.456 e. The van der Waals surface area contributed by atoms with E-state index in [9.17, 15) is 0 Å². The molecule has 4 heterocycles. The number of hydrogen-bond donors (Lipinski definition) is 0. The molecule has 0 saturated carbocycles. The van der Waals surface area contributed by atoms with Gasteiger partial charge in [-0.05, 0) is 53.2 Å². The van der Waals surface area contributed by atoms with Crippen LogP contribution in [0.2, 0.25) is 0 Å². The molecule has 0 aliphatic carbocycles. The van der Waals surface area contributed by atoms with Crippen molar-refractivity contribution in [2.24, 2.45) is 0 Å². The summed E-state index contributed by atoms with van der Waals surface area (Å²) in [5, 5.41) is 10.2. The van der Waals surface area contributed by atoms with Gasteiger partial charge in [0.1, 0.15) is 11.2 Å². The van der Waals surface area contributed by atoms with Gasteiger partial charge in [-0.15, -0.1) is 0 Å². The molecule has 0 aliphatic rings. The zero-order valence-electron chi connectivity index (χ0n) is 28.4. The minimum absolute atomic E-state index is 0.633. The van der Waals surface area contributed by atoms with Crippen LogP contribution >= 0.6 is 0 Å². The van der Waals surface area contributed by atoms with Crippen LogP contribution in [0.15, 0.2) is 174 Å². The summed E-state index contributed by atoms with van der Waals surface area (Å²) in [7, 11) is 0. The average Bonchev–Trinajstić information content (AvgIpc) is 3.88. The molecule has 0 spiro atoms. The number of rotatable bonds is 3. The molecule has 0 aliphatic heterocycles. The highest BCUT2D eigenvalue weighted by Crippen LogP contribution is 2.45. The number of fused-ring (bicyclic) bond motifs is 14. The van der Waals surface area contributed by atoms with E-state index in [2.05, 4.69) is 173 Å². The van der Waals surface area contributed by atoms with Crippen LogP contribution < -0.4 is 0 Å². The Labute approximate surface area is 302 Å². The first-order valence-electron chi connectivity index (χ1n) is 17.9. The summed E-state index contributed by atoms with van der Waals surface area (Å²) < 4.78 is 11.2. The van der Waals surface area contributed by atoms with Crippen LogP contribution in [0.1, 0.15) is 0 Å². The number of benzene rings is 8. The predicted octanol–water partition coefficient (Wildman–Crippen LogP) is 12.5. The van der Waals surface area contributed by atoms with E-state index in [0.29, 0.717) is 5.95 Å². The Morgan fingerprint density at radius 1 is 0.396 bits per heavy atom. The van der Waals surface area contributed by atoms with E-state index < -0.39 is 0 Å². The number of aromatic nitrogens is 4. The molecule has 0 N–H and O–H groups in total. The zero-order valence-corrected chi connectivity index (χ0v) is 28.4. The van der Waals surface area contributed by atoms with Crippen molar-refractivity contribution in [3.8, 4) is 22.9 Å². The van der Waals surface area contributed by atoms with Gasteiger partial charge in [0.2, 0.25) is 5.95 Å². The van der Waals surface area contributed by atoms with Gasteiger partial charge < -0.3 is 8.98 Å². The van der Waals surface area contributed by atoms with Crippen molar-refractivity contribution in [2.45, 2.75) is 0 Å². The second-order valence-electron chi connectivity index (χ2n) is 13.7. The van der Waals surface area contributed by atoms with Gasteiger partial charge in [-0.2, -0.15) is 0 Å². The lowest BCUT2D eigenvalue weighted by molar-refractivity contribution is 0.669. The van der Waals surface area contributed by atoms with Crippen molar-refractivity contribution in [3.05, 3.63) is 170 Å². The van der Waals surface area contributed by atoms with Crippen molar-refractivity contribution in [2.75, 3.05) is 0 Å². The fraction of sp³-hybridized carbons (Fsp3) is 0. The first kappa shape index (κ1) is 28.5. The van der Waals surface area contributed by atoms with Crippen LogP contribution in [0.25, 0.3) is 110 Å². The molecule has 0 amide bonds. The molecule has 0 fully saturated rings. The van der Waals surface area contributed by atoms with E-state index in [1.54, 1.807) is 0 Å². The highest BCUT2D eigenvalue weighted by atomic mass is 16.3. The molecule has 8 aromatic carbocycles. The molecule has 0 bridgehead atoms. The molecule has 0 unspecified atom stereocenters. The lowest BCUT2D eigenvalue weighted by Gasteiger charge is -2.15. The molecular weight excluding hydrogens is 649 g/mol. The summed E-state index contributed by atoms with van der Waals surface area (Å²) >= 11 is 0. The van der Waals surface area contributed by atoms with Crippen molar-refractivity contribution in [3.63, 3.8) is 0 Å². The topological polar surface area (TPSA) is 48.8 Å². The lowest BCUT2D eigenvalue weighted by Crippen LogP contribution is -2.05. The Bertz CT molecular complexity index is 3450. The maximum Gasteiger partial charge on any atom is 0.235 e. The van der Waals surface area contributed by atoms with Crippen molar-refractivity contribution < 1.29 is 4.42 Å². The van der Waals surface area contributed by atoms with Crippen molar-refractivity contribution >= 4 is 87.2 Å². The summed E-state index contributed by atoms with van der Waals surface area (Å²) in [5.41, 5.74) is 10.0. The molecule has 0 saturated heterocycles. The third-order valence-corrected chi connectivity index (χ3v) is 10.9. The second-order valence-corrected chi connectivity index (χ2v) is 13.7. The van der Waals surface area contributed by atoms with Crippen LogP contribution in [0, 0.1) is 0 Å². The van der Waals surface area contributed by atoms with Crippen LogP contribution in [-0.4, -0.2) is 19.1 Å². The molecule has 4 aromatic heterocycles. The van der Waals surface area contributed by atoms with Crippen LogP contribution in [-0.2, 0) is 0 Å². The van der Waals surface area contributed by atoms with Gasteiger partial charge in [0.05, 0.1) is 38.7 Å². The standard InChI is InChI=1S/C48H28N4O/c1-3-14-30(15-4-1)44-42-32-18-8-7-13-29(32)23-27-38(42)49-48(50-44)52-39-21-11-9-19-33(39)34-24-25-36-35-26-28-41-43(37-20-10-12-22-40(37)53-41)45(35)51(46(36)47(34)52)31-16-5-2-6-17-31/h1-28H. The second kappa shape index (κ2) is 10.6. The molecule has 5 nitrogen and oxygen atoms in total. The number of para-hydroxylation sites is 3. The molecule has 5 heteroatoms. The third kappa shape index (κ3) is 3.91. The molecule has 246 valence electrons. The van der Waals surface area contributed by atoms with Crippen LogP contribution in [0.5, 0.6) is 0 Å². The average molecular weight is 677 g/mol. The summed E-state index contributed by atoms with van der Waals surface area (Å²) in [5.74, 6) is 0.633. The van der Waals surface area contributed by atoms with Gasteiger partial charge in [-0.1, -0.05) is 127 Å². The Balaban J connectivity index is 1.31. The van der Waals surface area contributed by atoms with E-state index in [-0.39, 0.29) is 0 Å². The van der Waals surface area contributed by atoms with E-state index >= 15 is 0 Å². The van der Waals surface area contributed by atoms with Crippen molar-refractivity contribution in [1.29, 1.82) is 0 Å². The number of hydrogen-bond acceptors (Lipinski definition) is 3. The maximum atomic E-state index is 6.46. The fourth-order valence-corrected chi connectivity index (χ4v) is 8.68. The SMILES string of the molecule is c1ccc(-c2nc(-n3c4ccccc4c4ccc5c6ccc7oc8ccccc8c7c6n(-c6ccccc6)c5c43)nc3ccc4ccccc4c23)cc1. The molecule has 0 atom stereocenters. The molecule has 0 radical (unpaired) electrons. The molecule has 12 aromatic rings. The van der Waals surface area contributed by atoms with E-state index in [1.165, 1.54) is 0 Å². The van der Waals surface area contributed by atoms with Crippen molar-refractivity contribution in [1.82, 2.24) is 19.1 Å². The summed E-state index contributed by atoms with van der Waals surface area (Å²) in [6.07, 6.45) is 0. The first-order valence-corrected chi connectivity index (χ1v) is 17.9. The highest BCUT2D eigenvalue weighted by molar-refractivity contribution is 6.29. The Hall–Kier alpha value is -7.24. The molecule has 53 heavy (non-hydrogen) atoms. The maximum absolute atomic E-state index is 6.46. The van der Waals surface area contributed by atoms with E-state index in [4.69, 9.17) is 14.4 Å². The largest absolute Gasteiger partial charge is 0.456 e. The van der Waals surface area contributed by atoms with Crippen LogP contribution in [0.4, 0.5) is 0 Å². The summed E-state index contributed by atoms with van der Waals surface area (Å²) in [6.45, 7) is 0. The van der Waals surface area contributed by atoms with E-state index in [0.717, 1.165) is 104 Å². The Kier molecular flexibility index (Phi) is 5.71. The monoisotopic (exact) mass is 676 g/mol. The third-order valence-electron chi connectivity index (χ3n) is 10.9. The lowest BCUT2D eigenvalue weighted by atomic mass is 10.0. The number of furan rings is 1. The quantitative estimate of drug-likeness (QED) is 0.175. The van der Waals surface area contributed by atoms with Gasteiger partial charge in [0.15, 0.2) is 0 Å². The molecular formula is C48H28N4O.